The van der Waals surface area contributed by atoms with E-state index in [1.165, 1.54) is 0 Å². The largest absolute Gasteiger partial charge is 0.507 e. The van der Waals surface area contributed by atoms with Gasteiger partial charge in [-0.3, -0.25) is 0 Å². The lowest BCUT2D eigenvalue weighted by Crippen LogP contribution is -1.90. The van der Waals surface area contributed by atoms with Crippen molar-refractivity contribution in [2.75, 3.05) is 0 Å². The van der Waals surface area contributed by atoms with Gasteiger partial charge in [-0.1, -0.05) is 12.2 Å². The van der Waals surface area contributed by atoms with Crippen LogP contribution in [0.5, 0.6) is 5.75 Å². The summed E-state index contributed by atoms with van der Waals surface area (Å²) in [5, 5.41) is 9.85. The molecule has 74 valence electrons. The molecule has 0 radical (unpaired) electrons. The van der Waals surface area contributed by atoms with Crippen LogP contribution in [0.25, 0.3) is 0 Å². The van der Waals surface area contributed by atoms with E-state index in [1.807, 2.05) is 12.1 Å². The molecule has 0 spiro atoms. The number of benzene rings is 1. The molecule has 14 heavy (non-hydrogen) atoms. The van der Waals surface area contributed by atoms with Gasteiger partial charge in [-0.2, -0.15) is 0 Å². The van der Waals surface area contributed by atoms with Crippen LogP contribution in [0.15, 0.2) is 42.3 Å². The molecule has 0 unspecified atom stereocenters. The number of hydrogen-bond donors (Lipinski definition) is 2. The third kappa shape index (κ3) is 2.42. The number of allylic oxidation sites excluding steroid dienone is 2. The van der Waals surface area contributed by atoms with Crippen molar-refractivity contribution in [2.45, 2.75) is 17.7 Å². The summed E-state index contributed by atoms with van der Waals surface area (Å²) in [5.41, 5.74) is 1.73. The van der Waals surface area contributed by atoms with E-state index in [9.17, 15) is 5.11 Å². The van der Waals surface area contributed by atoms with Gasteiger partial charge in [0.15, 0.2) is 0 Å². The molecule has 1 N–H and O–H groups in total. The number of phenols is 1. The average molecular weight is 206 g/mol. The van der Waals surface area contributed by atoms with Crippen LogP contribution in [0.1, 0.15) is 11.1 Å². The highest BCUT2D eigenvalue weighted by Gasteiger charge is 2.06. The molecular formula is C12H14OS. The second kappa shape index (κ2) is 4.91. The van der Waals surface area contributed by atoms with Gasteiger partial charge in [0.05, 0.1) is 0 Å². The summed E-state index contributed by atoms with van der Waals surface area (Å²) in [5.74, 6) is 0.336. The van der Waals surface area contributed by atoms with E-state index in [-0.39, 0.29) is 0 Å². The molecule has 0 aliphatic carbocycles. The van der Waals surface area contributed by atoms with Gasteiger partial charge in [0.2, 0.25) is 0 Å². The van der Waals surface area contributed by atoms with E-state index >= 15 is 0 Å². The molecule has 0 bridgehead atoms. The SMILES string of the molecule is C=CCc1cc(S)cc(CC=C)c1O. The summed E-state index contributed by atoms with van der Waals surface area (Å²) in [6.07, 6.45) is 4.84. The first-order valence-corrected chi connectivity index (χ1v) is 4.89. The quantitative estimate of drug-likeness (QED) is 0.573. The van der Waals surface area contributed by atoms with Crippen molar-refractivity contribution in [3.8, 4) is 5.75 Å². The number of phenolic OH excluding ortho intramolecular Hbond substituents is 1. The number of aromatic hydroxyl groups is 1. The van der Waals surface area contributed by atoms with Crippen LogP contribution in [-0.4, -0.2) is 5.11 Å². The molecule has 0 amide bonds. The van der Waals surface area contributed by atoms with Crippen LogP contribution < -0.4 is 0 Å². The number of hydrogen-bond acceptors (Lipinski definition) is 2. The van der Waals surface area contributed by atoms with Crippen molar-refractivity contribution in [3.63, 3.8) is 0 Å². The molecule has 1 aromatic rings. The van der Waals surface area contributed by atoms with Crippen molar-refractivity contribution in [2.24, 2.45) is 0 Å². The summed E-state index contributed by atoms with van der Waals surface area (Å²) in [6.45, 7) is 7.29. The maximum absolute atomic E-state index is 9.85. The van der Waals surface area contributed by atoms with E-state index in [4.69, 9.17) is 0 Å². The zero-order valence-corrected chi connectivity index (χ0v) is 8.93. The molecule has 0 fully saturated rings. The first-order chi connectivity index (χ1) is 6.69. The topological polar surface area (TPSA) is 20.2 Å². The fourth-order valence-electron chi connectivity index (χ4n) is 1.36. The number of rotatable bonds is 4. The van der Waals surface area contributed by atoms with Crippen LogP contribution in [0.2, 0.25) is 0 Å². The van der Waals surface area contributed by atoms with Gasteiger partial charge in [0.25, 0.3) is 0 Å². The van der Waals surface area contributed by atoms with Gasteiger partial charge in [0.1, 0.15) is 5.75 Å². The minimum Gasteiger partial charge on any atom is -0.507 e. The maximum atomic E-state index is 9.85. The first-order valence-electron chi connectivity index (χ1n) is 4.44. The van der Waals surface area contributed by atoms with E-state index in [0.29, 0.717) is 18.6 Å². The summed E-state index contributed by atoms with van der Waals surface area (Å²) in [7, 11) is 0. The van der Waals surface area contributed by atoms with Gasteiger partial charge in [-0.05, 0) is 36.1 Å². The molecule has 1 nitrogen and oxygen atoms in total. The normalized spacial score (nSPS) is 9.79. The van der Waals surface area contributed by atoms with E-state index in [2.05, 4.69) is 25.8 Å². The van der Waals surface area contributed by atoms with Crippen molar-refractivity contribution in [3.05, 3.63) is 48.6 Å². The monoisotopic (exact) mass is 206 g/mol. The summed E-state index contributed by atoms with van der Waals surface area (Å²) < 4.78 is 0. The predicted octanol–water partition coefficient (Wildman–Crippen LogP) is 3.14. The Bertz CT molecular complexity index is 324. The molecule has 0 heterocycles. The predicted molar refractivity (Wildman–Crippen MR) is 63.2 cm³/mol. The Kier molecular flexibility index (Phi) is 3.84. The smallest absolute Gasteiger partial charge is 0.122 e. The lowest BCUT2D eigenvalue weighted by atomic mass is 10.0. The minimum absolute atomic E-state index is 0.336. The Morgan fingerprint density at radius 1 is 1.14 bits per heavy atom. The second-order valence-corrected chi connectivity index (χ2v) is 3.61. The zero-order valence-electron chi connectivity index (χ0n) is 8.03. The van der Waals surface area contributed by atoms with E-state index in [1.54, 1.807) is 12.2 Å². The third-order valence-corrected chi connectivity index (χ3v) is 2.24. The molecule has 0 atom stereocenters. The van der Waals surface area contributed by atoms with Crippen LogP contribution in [0.4, 0.5) is 0 Å². The van der Waals surface area contributed by atoms with Crippen LogP contribution in [-0.2, 0) is 12.8 Å². The Hall–Kier alpha value is -1.15. The second-order valence-electron chi connectivity index (χ2n) is 3.10. The molecule has 1 aromatic carbocycles. The average Bonchev–Trinajstić information content (AvgIpc) is 2.14. The zero-order chi connectivity index (χ0) is 10.6. The Morgan fingerprint density at radius 2 is 1.57 bits per heavy atom. The molecule has 0 aliphatic rings. The van der Waals surface area contributed by atoms with Crippen molar-refractivity contribution >= 4 is 12.6 Å². The fraction of sp³-hybridized carbons (Fsp3) is 0.167. The highest BCUT2D eigenvalue weighted by atomic mass is 32.1. The molecule has 0 saturated heterocycles. The molecule has 0 saturated carbocycles. The summed E-state index contributed by atoms with van der Waals surface area (Å²) in [6, 6.07) is 3.71. The van der Waals surface area contributed by atoms with Gasteiger partial charge < -0.3 is 5.11 Å². The van der Waals surface area contributed by atoms with Crippen molar-refractivity contribution in [1.29, 1.82) is 0 Å². The number of thiol groups is 1. The minimum atomic E-state index is 0.336. The van der Waals surface area contributed by atoms with Gasteiger partial charge in [-0.25, -0.2) is 0 Å². The lowest BCUT2D eigenvalue weighted by Gasteiger charge is -2.08. The van der Waals surface area contributed by atoms with Gasteiger partial charge >= 0.3 is 0 Å². The van der Waals surface area contributed by atoms with Crippen molar-refractivity contribution < 1.29 is 5.11 Å². The first kappa shape index (κ1) is 10.9. The third-order valence-electron chi connectivity index (χ3n) is 1.98. The Balaban J connectivity index is 3.16. The highest BCUT2D eigenvalue weighted by Crippen LogP contribution is 2.27. The van der Waals surface area contributed by atoms with Gasteiger partial charge in [-0.15, -0.1) is 25.8 Å². The van der Waals surface area contributed by atoms with Crippen molar-refractivity contribution in [1.82, 2.24) is 0 Å². The van der Waals surface area contributed by atoms with E-state index < -0.39 is 0 Å². The summed E-state index contributed by atoms with van der Waals surface area (Å²) in [4.78, 5) is 0.858. The maximum Gasteiger partial charge on any atom is 0.122 e. The summed E-state index contributed by atoms with van der Waals surface area (Å²) >= 11 is 4.28. The lowest BCUT2D eigenvalue weighted by molar-refractivity contribution is 0.463. The van der Waals surface area contributed by atoms with Crippen LogP contribution >= 0.6 is 12.6 Å². The molecule has 0 aromatic heterocycles. The Morgan fingerprint density at radius 3 is 1.93 bits per heavy atom. The van der Waals surface area contributed by atoms with Gasteiger partial charge in [0, 0.05) is 4.90 Å². The molecule has 1 rings (SSSR count). The highest BCUT2D eigenvalue weighted by molar-refractivity contribution is 7.80. The fourth-order valence-corrected chi connectivity index (χ4v) is 1.68. The standard InChI is InChI=1S/C12H14OS/c1-3-5-9-7-11(14)8-10(6-4-2)12(9)13/h3-4,7-8,13-14H,1-2,5-6H2. The molecular weight excluding hydrogens is 192 g/mol. The molecule has 0 aliphatic heterocycles. The van der Waals surface area contributed by atoms with Crippen LogP contribution in [0, 0.1) is 0 Å². The molecule has 2 heteroatoms. The van der Waals surface area contributed by atoms with Crippen LogP contribution in [0.3, 0.4) is 0 Å². The van der Waals surface area contributed by atoms with E-state index in [0.717, 1.165) is 16.0 Å². The Labute approximate surface area is 90.2 Å².